The summed E-state index contributed by atoms with van der Waals surface area (Å²) in [4.78, 5) is 12.3. The molecule has 1 aromatic heterocycles. The summed E-state index contributed by atoms with van der Waals surface area (Å²) >= 11 is 0. The van der Waals surface area contributed by atoms with Crippen molar-refractivity contribution in [3.05, 3.63) is 35.8 Å². The van der Waals surface area contributed by atoms with Gasteiger partial charge in [0.2, 0.25) is 0 Å². The molecule has 3 N–H and O–H groups in total. The molecule has 124 valence electrons. The normalized spacial score (nSPS) is 17.0. The maximum atomic E-state index is 14.6. The second-order valence-electron chi connectivity index (χ2n) is 6.73. The minimum atomic E-state index is -2.57. The molecule has 2 aromatic rings. The lowest BCUT2D eigenvalue weighted by Crippen LogP contribution is -2.47. The molecule has 0 amide bonds. The van der Waals surface area contributed by atoms with E-state index in [0.717, 1.165) is 12.3 Å². The number of aryl methyl sites for hydroxylation is 1. The number of nitrogens with zero attached hydrogens (tertiary/aromatic N) is 3. The van der Waals surface area contributed by atoms with Crippen LogP contribution in [0, 0.1) is 11.2 Å². The Bertz CT molecular complexity index is 830. The zero-order chi connectivity index (χ0) is 19.9. The van der Waals surface area contributed by atoms with Gasteiger partial charge in [0.25, 0.3) is 0 Å². The first-order chi connectivity index (χ1) is 11.7. The molecular weight excluding hydrogens is 299 g/mol. The van der Waals surface area contributed by atoms with Crippen LogP contribution in [0.4, 0.5) is 4.39 Å². The second-order valence-corrected chi connectivity index (χ2v) is 6.73. The Labute approximate surface area is 138 Å². The summed E-state index contributed by atoms with van der Waals surface area (Å²) in [5.41, 5.74) is 4.09. The molecule has 7 heteroatoms. The molecular formula is C16H21FN4O2. The Hall–Kier alpha value is -2.28. The van der Waals surface area contributed by atoms with Crippen molar-refractivity contribution in [2.45, 2.75) is 32.7 Å². The lowest BCUT2D eigenvalue weighted by Gasteiger charge is -2.32. The van der Waals surface area contributed by atoms with Crippen LogP contribution in [-0.4, -0.2) is 26.1 Å². The maximum Gasteiger partial charge on any atom is 0.328 e. The van der Waals surface area contributed by atoms with E-state index in [0.29, 0.717) is 4.80 Å². The van der Waals surface area contributed by atoms with Gasteiger partial charge in [-0.2, -0.15) is 15.0 Å². The smallest absolute Gasteiger partial charge is 0.328 e. The summed E-state index contributed by atoms with van der Waals surface area (Å²) in [6.45, 7) is 2.96. The number of nitrogens with two attached hydrogens (primary N) is 1. The van der Waals surface area contributed by atoms with E-state index in [1.807, 2.05) is 20.8 Å². The summed E-state index contributed by atoms with van der Waals surface area (Å²) in [5, 5.41) is 16.9. The summed E-state index contributed by atoms with van der Waals surface area (Å²) in [5.74, 6) is -2.02. The lowest BCUT2D eigenvalue weighted by molar-refractivity contribution is -0.145. The van der Waals surface area contributed by atoms with Crippen molar-refractivity contribution in [3.63, 3.8) is 0 Å². The van der Waals surface area contributed by atoms with E-state index < -0.39 is 29.7 Å². The van der Waals surface area contributed by atoms with Crippen molar-refractivity contribution >= 4 is 5.97 Å². The van der Waals surface area contributed by atoms with Crippen molar-refractivity contribution in [1.82, 2.24) is 15.0 Å². The number of halogens is 1. The Morgan fingerprint density at radius 2 is 2.17 bits per heavy atom. The van der Waals surface area contributed by atoms with Crippen molar-refractivity contribution in [3.8, 4) is 11.3 Å². The lowest BCUT2D eigenvalue weighted by atomic mass is 9.76. The molecule has 0 bridgehead atoms. The third-order valence-electron chi connectivity index (χ3n) is 3.44. The molecule has 0 spiro atoms. The van der Waals surface area contributed by atoms with Crippen molar-refractivity contribution in [2.75, 3.05) is 0 Å². The third-order valence-corrected chi connectivity index (χ3v) is 3.44. The van der Waals surface area contributed by atoms with Crippen molar-refractivity contribution < 1.29 is 18.4 Å². The van der Waals surface area contributed by atoms with E-state index in [1.165, 1.54) is 12.1 Å². The van der Waals surface area contributed by atoms with Gasteiger partial charge < -0.3 is 10.8 Å². The molecule has 1 atom stereocenters. The number of benzene rings is 1. The highest BCUT2D eigenvalue weighted by Crippen LogP contribution is 2.34. The number of carboxylic acid groups (broad SMARTS) is 1. The molecule has 0 aliphatic rings. The third kappa shape index (κ3) is 3.56. The van der Waals surface area contributed by atoms with Gasteiger partial charge in [-0.15, -0.1) is 0 Å². The van der Waals surface area contributed by atoms with E-state index in [2.05, 4.69) is 10.2 Å². The fourth-order valence-corrected chi connectivity index (χ4v) is 2.52. The SMILES string of the molecule is [2H]C([2H])([2H])n1ncc(-c2ccc([C@](N)(CC(C)(C)C)C(=O)O)cc2F)n1. The first-order valence-electron chi connectivity index (χ1n) is 8.49. The monoisotopic (exact) mass is 323 g/mol. The highest BCUT2D eigenvalue weighted by molar-refractivity contribution is 5.81. The molecule has 0 fully saturated rings. The highest BCUT2D eigenvalue weighted by Gasteiger charge is 2.40. The van der Waals surface area contributed by atoms with Crippen LogP contribution in [0.15, 0.2) is 24.4 Å². The molecule has 23 heavy (non-hydrogen) atoms. The second kappa shape index (κ2) is 5.73. The van der Waals surface area contributed by atoms with E-state index in [1.54, 1.807) is 0 Å². The number of aliphatic carboxylic acids is 1. The Morgan fingerprint density at radius 1 is 1.48 bits per heavy atom. The maximum absolute atomic E-state index is 14.6. The molecule has 1 heterocycles. The Kier molecular flexibility index (Phi) is 3.29. The van der Waals surface area contributed by atoms with Crippen LogP contribution in [0.1, 0.15) is 36.9 Å². The topological polar surface area (TPSA) is 94.0 Å². The first kappa shape index (κ1) is 13.2. The van der Waals surface area contributed by atoms with E-state index in [-0.39, 0.29) is 23.2 Å². The van der Waals surface area contributed by atoms with Crippen LogP contribution in [0.5, 0.6) is 0 Å². The predicted molar refractivity (Wildman–Crippen MR) is 84.0 cm³/mol. The molecule has 0 saturated heterocycles. The molecule has 2 rings (SSSR count). The molecule has 0 saturated carbocycles. The molecule has 0 radical (unpaired) electrons. The van der Waals surface area contributed by atoms with Crippen LogP contribution in [0.2, 0.25) is 0 Å². The van der Waals surface area contributed by atoms with Gasteiger partial charge in [-0.3, -0.25) is 0 Å². The van der Waals surface area contributed by atoms with Gasteiger partial charge in [-0.25, -0.2) is 9.18 Å². The molecule has 0 aliphatic carbocycles. The Morgan fingerprint density at radius 3 is 2.65 bits per heavy atom. The number of aromatic nitrogens is 3. The molecule has 1 aromatic carbocycles. The highest BCUT2D eigenvalue weighted by atomic mass is 19.1. The number of carboxylic acids is 1. The van der Waals surface area contributed by atoms with Crippen LogP contribution in [0.3, 0.4) is 0 Å². The van der Waals surface area contributed by atoms with Crippen molar-refractivity contribution in [2.24, 2.45) is 18.1 Å². The quantitative estimate of drug-likeness (QED) is 0.900. The minimum Gasteiger partial charge on any atom is -0.480 e. The molecule has 0 aliphatic heterocycles. The van der Waals surface area contributed by atoms with Gasteiger partial charge in [0.15, 0.2) is 0 Å². The van der Waals surface area contributed by atoms with Gasteiger partial charge in [-0.05, 0) is 29.5 Å². The summed E-state index contributed by atoms with van der Waals surface area (Å²) in [6, 6.07) is 3.78. The van der Waals surface area contributed by atoms with E-state index in [9.17, 15) is 14.3 Å². The number of hydrogen-bond acceptors (Lipinski definition) is 4. The zero-order valence-corrected chi connectivity index (χ0v) is 13.2. The summed E-state index contributed by atoms with van der Waals surface area (Å²) in [6.07, 6.45) is 1.23. The van der Waals surface area contributed by atoms with Gasteiger partial charge in [0.1, 0.15) is 17.1 Å². The largest absolute Gasteiger partial charge is 0.480 e. The average molecular weight is 323 g/mol. The van der Waals surface area contributed by atoms with Crippen LogP contribution in [-0.2, 0) is 17.3 Å². The fraction of sp³-hybridized carbons (Fsp3) is 0.438. The first-order valence-corrected chi connectivity index (χ1v) is 6.99. The molecule has 0 unspecified atom stereocenters. The average Bonchev–Trinajstić information content (AvgIpc) is 2.94. The predicted octanol–water partition coefficient (Wildman–Crippen LogP) is 2.30. The van der Waals surface area contributed by atoms with E-state index in [4.69, 9.17) is 9.85 Å². The standard InChI is InChI=1S/C16H21FN4O2/c1-15(2,3)9-16(18,14(22)23)10-5-6-11(12(17)7-10)13-8-19-21(4)20-13/h5-8H,9,18H2,1-4H3,(H,22,23)/t16-/m1/s1/i4D3. The van der Waals surface area contributed by atoms with Gasteiger partial charge in [0, 0.05) is 16.7 Å². The number of rotatable bonds is 4. The molecule has 6 nitrogen and oxygen atoms in total. The zero-order valence-electron chi connectivity index (χ0n) is 16.2. The van der Waals surface area contributed by atoms with Gasteiger partial charge in [0.05, 0.1) is 6.20 Å². The minimum absolute atomic E-state index is 0.00717. The number of carbonyl (C=O) groups is 1. The van der Waals surface area contributed by atoms with Crippen molar-refractivity contribution in [1.29, 1.82) is 0 Å². The summed E-state index contributed by atoms with van der Waals surface area (Å²) in [7, 11) is 0. The fourth-order valence-electron chi connectivity index (χ4n) is 2.52. The van der Waals surface area contributed by atoms with Gasteiger partial charge >= 0.3 is 5.97 Å². The Balaban J connectivity index is 2.45. The van der Waals surface area contributed by atoms with Gasteiger partial charge in [-0.1, -0.05) is 26.8 Å². The van der Waals surface area contributed by atoms with E-state index >= 15 is 0 Å². The van der Waals surface area contributed by atoms with Crippen LogP contribution in [0.25, 0.3) is 11.3 Å². The van der Waals surface area contributed by atoms with Crippen LogP contribution < -0.4 is 5.73 Å². The number of hydrogen-bond donors (Lipinski definition) is 2. The summed E-state index contributed by atoms with van der Waals surface area (Å²) < 4.78 is 36.3. The van der Waals surface area contributed by atoms with Crippen LogP contribution >= 0.6 is 0 Å².